The summed E-state index contributed by atoms with van der Waals surface area (Å²) in [6.45, 7) is 0. The first kappa shape index (κ1) is 14.0. The molecule has 0 amide bonds. The number of hydrogen-bond donors (Lipinski definition) is 2. The van der Waals surface area contributed by atoms with E-state index in [1.54, 1.807) is 24.4 Å². The molecule has 1 aliphatic heterocycles. The number of ether oxygens (including phenoxy) is 1. The van der Waals surface area contributed by atoms with Gasteiger partial charge in [-0.05, 0) is 48.6 Å². The number of methoxy groups -OCH3 is 1. The highest BCUT2D eigenvalue weighted by molar-refractivity contribution is 6.07. The third-order valence-electron chi connectivity index (χ3n) is 4.30. The number of benzene rings is 1. The summed E-state index contributed by atoms with van der Waals surface area (Å²) < 4.78 is 5.54. The van der Waals surface area contributed by atoms with Crippen LogP contribution in [-0.4, -0.2) is 29.4 Å². The molecule has 2 aliphatic rings. The highest BCUT2D eigenvalue weighted by Crippen LogP contribution is 2.46. The van der Waals surface area contributed by atoms with Crippen molar-refractivity contribution < 1.29 is 9.84 Å². The van der Waals surface area contributed by atoms with Crippen LogP contribution in [0.3, 0.4) is 0 Å². The first-order chi connectivity index (χ1) is 11.2. The maximum atomic E-state index is 10.4. The van der Waals surface area contributed by atoms with Crippen molar-refractivity contribution in [1.29, 1.82) is 0 Å². The molecule has 2 heterocycles. The molecule has 1 aromatic heterocycles. The lowest BCUT2D eigenvalue weighted by Gasteiger charge is -2.33. The Morgan fingerprint density at radius 3 is 2.83 bits per heavy atom. The summed E-state index contributed by atoms with van der Waals surface area (Å²) in [5.74, 6) is 1.53. The van der Waals surface area contributed by atoms with Crippen LogP contribution in [0.25, 0.3) is 0 Å². The number of aromatic nitrogens is 1. The van der Waals surface area contributed by atoms with Gasteiger partial charge in [0, 0.05) is 6.20 Å². The van der Waals surface area contributed by atoms with Crippen molar-refractivity contribution in [2.45, 2.75) is 25.1 Å². The number of aliphatic hydroxyl groups excluding tert-OH is 1. The number of aliphatic hydroxyl groups is 1. The molecule has 23 heavy (non-hydrogen) atoms. The van der Waals surface area contributed by atoms with Crippen molar-refractivity contribution in [1.82, 2.24) is 4.98 Å². The number of anilines is 2. The molecule has 1 unspecified atom stereocenters. The first-order valence-electron chi connectivity index (χ1n) is 7.62. The molecule has 4 rings (SSSR count). The van der Waals surface area contributed by atoms with E-state index in [1.165, 1.54) is 18.4 Å². The van der Waals surface area contributed by atoms with Crippen LogP contribution in [0.4, 0.5) is 11.4 Å². The smallest absolute Gasteiger partial charge is 0.231 e. The maximum Gasteiger partial charge on any atom is 0.231 e. The second-order valence-corrected chi connectivity index (χ2v) is 5.83. The standard InChI is InChI=1S/C17H18N4O2/c1-23-14-8-11(10-4-5-10)7-13-15(14)16(18)20-17(22)21(13)12-3-2-6-19-9-12/h2-3,6-10,17,22H,4-5H2,1H3,(H2,18,20). The Hall–Kier alpha value is -2.60. The largest absolute Gasteiger partial charge is 0.496 e. The Balaban J connectivity index is 1.93. The van der Waals surface area contributed by atoms with Gasteiger partial charge in [0.1, 0.15) is 11.6 Å². The van der Waals surface area contributed by atoms with Crippen LogP contribution in [0.5, 0.6) is 5.75 Å². The van der Waals surface area contributed by atoms with Crippen LogP contribution in [0.1, 0.15) is 29.9 Å². The van der Waals surface area contributed by atoms with Gasteiger partial charge in [0.05, 0.1) is 30.2 Å². The topological polar surface area (TPSA) is 84.0 Å². The third kappa shape index (κ3) is 2.31. The monoisotopic (exact) mass is 310 g/mol. The van der Waals surface area contributed by atoms with Gasteiger partial charge in [-0.2, -0.15) is 0 Å². The van der Waals surface area contributed by atoms with Crippen molar-refractivity contribution in [2.75, 3.05) is 12.0 Å². The van der Waals surface area contributed by atoms with E-state index < -0.39 is 6.35 Å². The fourth-order valence-electron chi connectivity index (χ4n) is 3.02. The van der Waals surface area contributed by atoms with Crippen molar-refractivity contribution in [3.8, 4) is 5.75 Å². The van der Waals surface area contributed by atoms with Gasteiger partial charge in [0.15, 0.2) is 0 Å². The normalized spacial score (nSPS) is 20.0. The van der Waals surface area contributed by atoms with Gasteiger partial charge in [-0.3, -0.25) is 9.88 Å². The number of fused-ring (bicyclic) bond motifs is 1. The number of aliphatic imine (C=N–C) groups is 1. The second kappa shape index (κ2) is 5.24. The lowest BCUT2D eigenvalue weighted by Crippen LogP contribution is -2.38. The van der Waals surface area contributed by atoms with Gasteiger partial charge < -0.3 is 15.6 Å². The molecule has 6 heteroatoms. The number of nitrogens with two attached hydrogens (primary N) is 1. The number of nitrogens with zero attached hydrogens (tertiary/aromatic N) is 3. The van der Waals surface area contributed by atoms with Crippen molar-refractivity contribution in [3.63, 3.8) is 0 Å². The Morgan fingerprint density at radius 2 is 2.17 bits per heavy atom. The summed E-state index contributed by atoms with van der Waals surface area (Å²) in [5.41, 5.74) is 9.54. The number of rotatable bonds is 3. The first-order valence-corrected chi connectivity index (χ1v) is 7.62. The minimum atomic E-state index is -1.08. The summed E-state index contributed by atoms with van der Waals surface area (Å²) in [6.07, 6.45) is 4.67. The molecule has 0 radical (unpaired) electrons. The molecule has 0 bridgehead atoms. The summed E-state index contributed by atoms with van der Waals surface area (Å²) in [6, 6.07) is 7.81. The minimum absolute atomic E-state index is 0.284. The van der Waals surface area contributed by atoms with Crippen molar-refractivity contribution in [2.24, 2.45) is 10.7 Å². The van der Waals surface area contributed by atoms with Gasteiger partial charge in [0.25, 0.3) is 0 Å². The second-order valence-electron chi connectivity index (χ2n) is 5.83. The molecule has 1 fully saturated rings. The Labute approximate surface area is 134 Å². The SMILES string of the molecule is COc1cc(C2CC2)cc2c1C(N)=NC(O)N2c1cccnc1. The van der Waals surface area contributed by atoms with E-state index in [-0.39, 0.29) is 5.84 Å². The maximum absolute atomic E-state index is 10.4. The molecule has 6 nitrogen and oxygen atoms in total. The van der Waals surface area contributed by atoms with Crippen LogP contribution >= 0.6 is 0 Å². The summed E-state index contributed by atoms with van der Waals surface area (Å²) in [5, 5.41) is 10.4. The summed E-state index contributed by atoms with van der Waals surface area (Å²) >= 11 is 0. The molecule has 1 atom stereocenters. The van der Waals surface area contributed by atoms with Crippen molar-refractivity contribution in [3.05, 3.63) is 47.8 Å². The van der Waals surface area contributed by atoms with Gasteiger partial charge in [-0.15, -0.1) is 0 Å². The van der Waals surface area contributed by atoms with E-state index in [2.05, 4.69) is 16.0 Å². The van der Waals surface area contributed by atoms with Gasteiger partial charge >= 0.3 is 0 Å². The predicted molar refractivity (Wildman–Crippen MR) is 88.1 cm³/mol. The molecule has 0 saturated heterocycles. The molecular weight excluding hydrogens is 292 g/mol. The number of hydrogen-bond acceptors (Lipinski definition) is 6. The molecule has 0 spiro atoms. The van der Waals surface area contributed by atoms with Crippen LogP contribution in [0.2, 0.25) is 0 Å². The Bertz CT molecular complexity index is 772. The molecule has 1 saturated carbocycles. The minimum Gasteiger partial charge on any atom is -0.496 e. The zero-order chi connectivity index (χ0) is 16.0. The predicted octanol–water partition coefficient (Wildman–Crippen LogP) is 2.10. The van der Waals surface area contributed by atoms with Gasteiger partial charge in [0.2, 0.25) is 6.35 Å². The quantitative estimate of drug-likeness (QED) is 0.907. The van der Waals surface area contributed by atoms with E-state index >= 15 is 0 Å². The number of pyridine rings is 1. The fourth-order valence-corrected chi connectivity index (χ4v) is 3.02. The molecule has 1 aliphatic carbocycles. The lowest BCUT2D eigenvalue weighted by molar-refractivity contribution is 0.189. The van der Waals surface area contributed by atoms with Gasteiger partial charge in [-0.25, -0.2) is 4.99 Å². The molecular formula is C17H18N4O2. The molecule has 118 valence electrons. The highest BCUT2D eigenvalue weighted by atomic mass is 16.5. The van der Waals surface area contributed by atoms with Crippen LogP contribution < -0.4 is 15.4 Å². The van der Waals surface area contributed by atoms with Gasteiger partial charge in [-0.1, -0.05) is 0 Å². The summed E-state index contributed by atoms with van der Waals surface area (Å²) in [4.78, 5) is 10.0. The fraction of sp³-hybridized carbons (Fsp3) is 0.294. The zero-order valence-corrected chi connectivity index (χ0v) is 12.8. The molecule has 3 N–H and O–H groups in total. The zero-order valence-electron chi connectivity index (χ0n) is 12.8. The molecule has 2 aromatic rings. The Kier molecular flexibility index (Phi) is 3.20. The lowest BCUT2D eigenvalue weighted by atomic mass is 10.0. The van der Waals surface area contributed by atoms with Crippen molar-refractivity contribution >= 4 is 17.2 Å². The Morgan fingerprint density at radius 1 is 1.35 bits per heavy atom. The highest BCUT2D eigenvalue weighted by Gasteiger charge is 2.33. The van der Waals surface area contributed by atoms with E-state index in [4.69, 9.17) is 10.5 Å². The third-order valence-corrected chi connectivity index (χ3v) is 4.30. The van der Waals surface area contributed by atoms with E-state index in [0.717, 1.165) is 11.4 Å². The van der Waals surface area contributed by atoms with Crippen LogP contribution in [0, 0.1) is 0 Å². The van der Waals surface area contributed by atoms with Crippen LogP contribution in [0.15, 0.2) is 41.7 Å². The van der Waals surface area contributed by atoms with E-state index in [1.807, 2.05) is 18.2 Å². The summed E-state index contributed by atoms with van der Waals surface area (Å²) in [7, 11) is 1.62. The average Bonchev–Trinajstić information content (AvgIpc) is 3.39. The van der Waals surface area contributed by atoms with E-state index in [0.29, 0.717) is 17.2 Å². The van der Waals surface area contributed by atoms with E-state index in [9.17, 15) is 5.11 Å². The van der Waals surface area contributed by atoms with Crippen LogP contribution in [-0.2, 0) is 0 Å². The molecule has 1 aromatic carbocycles. The number of amidine groups is 1. The average molecular weight is 310 g/mol.